The zero-order chi connectivity index (χ0) is 15.5. The second-order valence-electron chi connectivity index (χ2n) is 5.83. The Morgan fingerprint density at radius 2 is 2.27 bits per heavy atom. The zero-order valence-electron chi connectivity index (χ0n) is 12.8. The third-order valence-electron chi connectivity index (χ3n) is 3.81. The Kier molecular flexibility index (Phi) is 4.13. The average molecular weight is 301 g/mol. The first-order valence-corrected chi connectivity index (χ1v) is 7.54. The molecule has 3 heterocycles. The van der Waals surface area contributed by atoms with E-state index in [0.29, 0.717) is 24.0 Å². The van der Waals surface area contributed by atoms with Crippen molar-refractivity contribution in [3.8, 4) is 0 Å². The summed E-state index contributed by atoms with van der Waals surface area (Å²) in [5, 5.41) is 4.08. The highest BCUT2D eigenvalue weighted by Crippen LogP contribution is 2.26. The highest BCUT2D eigenvalue weighted by atomic mass is 16.5. The van der Waals surface area contributed by atoms with Gasteiger partial charge in [-0.3, -0.25) is 9.78 Å². The van der Waals surface area contributed by atoms with Gasteiger partial charge < -0.3 is 9.42 Å². The van der Waals surface area contributed by atoms with Crippen molar-refractivity contribution >= 4 is 5.91 Å². The van der Waals surface area contributed by atoms with Gasteiger partial charge in [0.2, 0.25) is 5.89 Å². The summed E-state index contributed by atoms with van der Waals surface area (Å²) >= 11 is 0. The Labute approximate surface area is 128 Å². The SMILES string of the molecule is CC(C)c1nc(C2CCCN(C(=O)c3cnccn3)C2)no1. The van der Waals surface area contributed by atoms with Crippen LogP contribution < -0.4 is 0 Å². The van der Waals surface area contributed by atoms with Crippen LogP contribution in [-0.2, 0) is 0 Å². The van der Waals surface area contributed by atoms with Crippen molar-refractivity contribution in [2.45, 2.75) is 38.5 Å². The van der Waals surface area contributed by atoms with Crippen LogP contribution in [0.1, 0.15) is 60.7 Å². The average Bonchev–Trinajstić information content (AvgIpc) is 3.05. The van der Waals surface area contributed by atoms with Gasteiger partial charge in [0.1, 0.15) is 5.69 Å². The minimum atomic E-state index is -0.0922. The maximum Gasteiger partial charge on any atom is 0.274 e. The van der Waals surface area contributed by atoms with Gasteiger partial charge in [0, 0.05) is 37.3 Å². The zero-order valence-corrected chi connectivity index (χ0v) is 12.8. The van der Waals surface area contributed by atoms with Gasteiger partial charge >= 0.3 is 0 Å². The molecule has 1 fully saturated rings. The fourth-order valence-corrected chi connectivity index (χ4v) is 2.59. The predicted octanol–water partition coefficient (Wildman–Crippen LogP) is 2.00. The van der Waals surface area contributed by atoms with Gasteiger partial charge in [0.25, 0.3) is 5.91 Å². The van der Waals surface area contributed by atoms with Crippen LogP contribution in [0.2, 0.25) is 0 Å². The van der Waals surface area contributed by atoms with Gasteiger partial charge in [-0.1, -0.05) is 19.0 Å². The lowest BCUT2D eigenvalue weighted by atomic mass is 9.97. The summed E-state index contributed by atoms with van der Waals surface area (Å²) in [4.78, 5) is 26.7. The van der Waals surface area contributed by atoms with Crippen LogP contribution in [0.15, 0.2) is 23.1 Å². The summed E-state index contributed by atoms with van der Waals surface area (Å²) in [6.07, 6.45) is 6.46. The summed E-state index contributed by atoms with van der Waals surface area (Å²) < 4.78 is 5.27. The van der Waals surface area contributed by atoms with Gasteiger partial charge in [-0.2, -0.15) is 4.98 Å². The molecule has 3 rings (SSSR count). The van der Waals surface area contributed by atoms with E-state index in [2.05, 4.69) is 20.1 Å². The molecule has 0 saturated carbocycles. The molecule has 0 aliphatic carbocycles. The second kappa shape index (κ2) is 6.21. The lowest BCUT2D eigenvalue weighted by molar-refractivity contribution is 0.0697. The normalized spacial score (nSPS) is 18.7. The first kappa shape index (κ1) is 14.6. The lowest BCUT2D eigenvalue weighted by Crippen LogP contribution is -2.39. The number of rotatable bonds is 3. The van der Waals surface area contributed by atoms with Crippen molar-refractivity contribution in [3.05, 3.63) is 36.0 Å². The molecule has 0 bridgehead atoms. The number of hydrogen-bond donors (Lipinski definition) is 0. The summed E-state index contributed by atoms with van der Waals surface area (Å²) in [7, 11) is 0. The van der Waals surface area contributed by atoms with E-state index in [4.69, 9.17) is 4.52 Å². The van der Waals surface area contributed by atoms with Crippen molar-refractivity contribution in [3.63, 3.8) is 0 Å². The number of carbonyl (C=O) groups is 1. The molecule has 1 atom stereocenters. The maximum atomic E-state index is 12.4. The molecule has 0 N–H and O–H groups in total. The molecule has 1 aliphatic rings. The molecule has 0 radical (unpaired) electrons. The smallest absolute Gasteiger partial charge is 0.274 e. The quantitative estimate of drug-likeness (QED) is 0.862. The topological polar surface area (TPSA) is 85.0 Å². The summed E-state index contributed by atoms with van der Waals surface area (Å²) in [6, 6.07) is 0. The Morgan fingerprint density at radius 1 is 1.41 bits per heavy atom. The first-order valence-electron chi connectivity index (χ1n) is 7.54. The number of amides is 1. The lowest BCUT2D eigenvalue weighted by Gasteiger charge is -2.30. The Balaban J connectivity index is 1.72. The second-order valence-corrected chi connectivity index (χ2v) is 5.83. The van der Waals surface area contributed by atoms with Gasteiger partial charge in [-0.15, -0.1) is 0 Å². The van der Waals surface area contributed by atoms with E-state index in [1.165, 1.54) is 12.4 Å². The monoisotopic (exact) mass is 301 g/mol. The van der Waals surface area contributed by atoms with Crippen LogP contribution in [0.4, 0.5) is 0 Å². The van der Waals surface area contributed by atoms with Crippen LogP contribution in [0.3, 0.4) is 0 Å². The molecule has 7 nitrogen and oxygen atoms in total. The van der Waals surface area contributed by atoms with Gasteiger partial charge in [0.15, 0.2) is 5.82 Å². The van der Waals surface area contributed by atoms with E-state index in [1.807, 2.05) is 13.8 Å². The number of carbonyl (C=O) groups excluding carboxylic acids is 1. The fourth-order valence-electron chi connectivity index (χ4n) is 2.59. The molecule has 2 aromatic heterocycles. The number of nitrogens with zero attached hydrogens (tertiary/aromatic N) is 5. The number of piperidine rings is 1. The van der Waals surface area contributed by atoms with Crippen LogP contribution in [0.25, 0.3) is 0 Å². The van der Waals surface area contributed by atoms with Crippen molar-refractivity contribution < 1.29 is 9.32 Å². The van der Waals surface area contributed by atoms with E-state index in [-0.39, 0.29) is 17.7 Å². The number of hydrogen-bond acceptors (Lipinski definition) is 6. The van der Waals surface area contributed by atoms with E-state index in [1.54, 1.807) is 11.1 Å². The van der Waals surface area contributed by atoms with Crippen molar-refractivity contribution in [1.29, 1.82) is 0 Å². The van der Waals surface area contributed by atoms with E-state index in [0.717, 1.165) is 19.4 Å². The van der Waals surface area contributed by atoms with Crippen molar-refractivity contribution in [2.24, 2.45) is 0 Å². The standard InChI is InChI=1S/C15H19N5O2/c1-10(2)14-18-13(19-22-14)11-4-3-7-20(9-11)15(21)12-8-16-5-6-17-12/h5-6,8,10-11H,3-4,7,9H2,1-2H3. The van der Waals surface area contributed by atoms with Crippen LogP contribution >= 0.6 is 0 Å². The van der Waals surface area contributed by atoms with Crippen LogP contribution in [0, 0.1) is 0 Å². The Hall–Kier alpha value is -2.31. The molecule has 2 aromatic rings. The molecule has 1 aliphatic heterocycles. The largest absolute Gasteiger partial charge is 0.339 e. The molecular weight excluding hydrogens is 282 g/mol. The van der Waals surface area contributed by atoms with E-state index < -0.39 is 0 Å². The van der Waals surface area contributed by atoms with E-state index in [9.17, 15) is 4.79 Å². The predicted molar refractivity (Wildman–Crippen MR) is 78.3 cm³/mol. The molecular formula is C15H19N5O2. The minimum absolute atomic E-state index is 0.0922. The Morgan fingerprint density at radius 3 is 2.95 bits per heavy atom. The molecule has 1 amide bonds. The third-order valence-corrected chi connectivity index (χ3v) is 3.81. The van der Waals surface area contributed by atoms with Gasteiger partial charge in [0.05, 0.1) is 6.20 Å². The van der Waals surface area contributed by atoms with Crippen molar-refractivity contribution in [1.82, 2.24) is 25.0 Å². The van der Waals surface area contributed by atoms with Crippen LogP contribution in [-0.4, -0.2) is 44.0 Å². The summed E-state index contributed by atoms with van der Waals surface area (Å²) in [5.41, 5.74) is 0.374. The van der Waals surface area contributed by atoms with Gasteiger partial charge in [-0.25, -0.2) is 4.98 Å². The number of likely N-dealkylation sites (tertiary alicyclic amines) is 1. The summed E-state index contributed by atoms with van der Waals surface area (Å²) in [5.74, 6) is 1.57. The van der Waals surface area contributed by atoms with E-state index >= 15 is 0 Å². The summed E-state index contributed by atoms with van der Waals surface area (Å²) in [6.45, 7) is 5.34. The fraction of sp³-hybridized carbons (Fsp3) is 0.533. The Bertz CT molecular complexity index is 640. The maximum absolute atomic E-state index is 12.4. The highest BCUT2D eigenvalue weighted by Gasteiger charge is 2.29. The molecule has 1 unspecified atom stereocenters. The number of aromatic nitrogens is 4. The third kappa shape index (κ3) is 2.98. The molecule has 0 spiro atoms. The molecule has 22 heavy (non-hydrogen) atoms. The molecule has 0 aromatic carbocycles. The minimum Gasteiger partial charge on any atom is -0.339 e. The van der Waals surface area contributed by atoms with Crippen LogP contribution in [0.5, 0.6) is 0 Å². The van der Waals surface area contributed by atoms with Gasteiger partial charge in [-0.05, 0) is 12.8 Å². The molecule has 1 saturated heterocycles. The van der Waals surface area contributed by atoms with Crippen molar-refractivity contribution in [2.75, 3.05) is 13.1 Å². The highest BCUT2D eigenvalue weighted by molar-refractivity contribution is 5.92. The molecule has 7 heteroatoms. The first-order chi connectivity index (χ1) is 10.6. The molecule has 116 valence electrons.